The lowest BCUT2D eigenvalue weighted by atomic mass is 10.0. The smallest absolute Gasteiger partial charge is 0.222 e. The third-order valence-electron chi connectivity index (χ3n) is 5.39. The number of amides is 2. The molecule has 1 heterocycles. The minimum atomic E-state index is 0.00319. The number of hydrogen-bond acceptors (Lipinski definition) is 4. The molecule has 2 fully saturated rings. The lowest BCUT2D eigenvalue weighted by Crippen LogP contribution is -2.41. The largest absolute Gasteiger partial charge is 0.353 e. The van der Waals surface area contributed by atoms with Gasteiger partial charge < -0.3 is 10.2 Å². The Bertz CT molecular complexity index is 601. The Morgan fingerprint density at radius 1 is 1.12 bits per heavy atom. The molecule has 0 bridgehead atoms. The Morgan fingerprint density at radius 3 is 2.58 bits per heavy atom. The molecule has 2 unspecified atom stereocenters. The second kappa shape index (κ2) is 9.14. The highest BCUT2D eigenvalue weighted by Crippen LogP contribution is 2.22. The summed E-state index contributed by atoms with van der Waals surface area (Å²) in [6.45, 7) is 0.638. The number of nitrogens with zero attached hydrogens (tertiary/aromatic N) is 1. The number of carbonyl (C=O) groups is 2. The van der Waals surface area contributed by atoms with Crippen LogP contribution in [0.4, 0.5) is 0 Å². The number of benzene rings is 1. The average molecular weight is 358 g/mol. The van der Waals surface area contributed by atoms with Crippen molar-refractivity contribution in [3.63, 3.8) is 0 Å². The maximum absolute atomic E-state index is 12.3. The van der Waals surface area contributed by atoms with Crippen LogP contribution in [0.2, 0.25) is 0 Å². The van der Waals surface area contributed by atoms with E-state index in [9.17, 15) is 9.59 Å². The minimum absolute atomic E-state index is 0.00319. The molecule has 6 heteroatoms. The SMILES string of the molecule is CN(CC1CC(c2ccccc2)NN1)C(=O)CCC(=O)NC1CCCC1. The number of hydrazine groups is 1. The van der Waals surface area contributed by atoms with Crippen molar-refractivity contribution in [1.29, 1.82) is 0 Å². The van der Waals surface area contributed by atoms with E-state index in [1.807, 2.05) is 25.2 Å². The fourth-order valence-electron chi connectivity index (χ4n) is 3.86. The molecular weight excluding hydrogens is 328 g/mol. The molecule has 3 N–H and O–H groups in total. The van der Waals surface area contributed by atoms with Crippen molar-refractivity contribution in [2.45, 2.75) is 63.1 Å². The molecule has 2 amide bonds. The Labute approximate surface area is 155 Å². The summed E-state index contributed by atoms with van der Waals surface area (Å²) in [6.07, 6.45) is 6.02. The van der Waals surface area contributed by atoms with E-state index in [1.54, 1.807) is 4.90 Å². The molecule has 1 aromatic rings. The van der Waals surface area contributed by atoms with Crippen molar-refractivity contribution < 1.29 is 9.59 Å². The predicted octanol–water partition coefficient (Wildman–Crippen LogP) is 1.89. The third kappa shape index (κ3) is 5.29. The van der Waals surface area contributed by atoms with Crippen LogP contribution in [0.1, 0.15) is 56.6 Å². The summed E-state index contributed by atoms with van der Waals surface area (Å²) in [5.41, 5.74) is 7.84. The standard InChI is InChI=1S/C20H30N4O2/c1-24(20(26)12-11-19(25)21-16-9-5-6-10-16)14-17-13-18(23-22-17)15-7-3-2-4-8-15/h2-4,7-8,16-18,22-23H,5-6,9-14H2,1H3,(H,21,25). The molecule has 0 radical (unpaired) electrons. The predicted molar refractivity (Wildman–Crippen MR) is 101 cm³/mol. The fourth-order valence-corrected chi connectivity index (χ4v) is 3.86. The van der Waals surface area contributed by atoms with Gasteiger partial charge in [-0.1, -0.05) is 43.2 Å². The van der Waals surface area contributed by atoms with Crippen LogP contribution in [0.25, 0.3) is 0 Å². The highest BCUT2D eigenvalue weighted by atomic mass is 16.2. The first-order valence-electron chi connectivity index (χ1n) is 9.71. The Kier molecular flexibility index (Phi) is 6.63. The first-order chi connectivity index (χ1) is 12.6. The highest BCUT2D eigenvalue weighted by Gasteiger charge is 2.27. The zero-order chi connectivity index (χ0) is 18.4. The Morgan fingerprint density at radius 2 is 1.85 bits per heavy atom. The molecule has 1 aliphatic carbocycles. The van der Waals surface area contributed by atoms with Crippen LogP contribution < -0.4 is 16.2 Å². The summed E-state index contributed by atoms with van der Waals surface area (Å²) in [6, 6.07) is 11.1. The van der Waals surface area contributed by atoms with Gasteiger partial charge >= 0.3 is 0 Å². The summed E-state index contributed by atoms with van der Waals surface area (Å²) < 4.78 is 0. The summed E-state index contributed by atoms with van der Waals surface area (Å²) in [5.74, 6) is 0.0278. The van der Waals surface area contributed by atoms with Crippen LogP contribution in [0.5, 0.6) is 0 Å². The van der Waals surface area contributed by atoms with Gasteiger partial charge in [0, 0.05) is 44.6 Å². The second-order valence-corrected chi connectivity index (χ2v) is 7.51. The minimum Gasteiger partial charge on any atom is -0.353 e. The average Bonchev–Trinajstić information content (AvgIpc) is 3.32. The van der Waals surface area contributed by atoms with Crippen molar-refractivity contribution >= 4 is 11.8 Å². The summed E-state index contributed by atoms with van der Waals surface area (Å²) >= 11 is 0. The molecule has 26 heavy (non-hydrogen) atoms. The van der Waals surface area contributed by atoms with E-state index >= 15 is 0 Å². The van der Waals surface area contributed by atoms with E-state index in [2.05, 4.69) is 28.3 Å². The summed E-state index contributed by atoms with van der Waals surface area (Å²) in [5, 5.41) is 3.04. The van der Waals surface area contributed by atoms with Gasteiger partial charge in [0.25, 0.3) is 0 Å². The first-order valence-corrected chi connectivity index (χ1v) is 9.71. The Balaban J connectivity index is 1.37. The van der Waals surface area contributed by atoms with E-state index in [1.165, 1.54) is 18.4 Å². The van der Waals surface area contributed by atoms with Gasteiger partial charge in [-0.3, -0.25) is 15.0 Å². The van der Waals surface area contributed by atoms with Crippen LogP contribution in [-0.4, -0.2) is 42.4 Å². The van der Waals surface area contributed by atoms with E-state index in [4.69, 9.17) is 0 Å². The number of rotatable bonds is 7. The van der Waals surface area contributed by atoms with Crippen LogP contribution in [0, 0.1) is 0 Å². The van der Waals surface area contributed by atoms with E-state index < -0.39 is 0 Å². The lowest BCUT2D eigenvalue weighted by molar-refractivity contribution is -0.132. The quantitative estimate of drug-likeness (QED) is 0.696. The number of likely N-dealkylation sites (N-methyl/N-ethyl adjacent to an activating group) is 1. The van der Waals surface area contributed by atoms with Crippen LogP contribution in [-0.2, 0) is 9.59 Å². The second-order valence-electron chi connectivity index (χ2n) is 7.51. The molecule has 0 aromatic heterocycles. The van der Waals surface area contributed by atoms with E-state index in [0.29, 0.717) is 12.6 Å². The first kappa shape index (κ1) is 18.9. The normalized spacial score (nSPS) is 23.1. The van der Waals surface area contributed by atoms with Gasteiger partial charge in [0.05, 0.1) is 0 Å². The van der Waals surface area contributed by atoms with Crippen molar-refractivity contribution in [1.82, 2.24) is 21.1 Å². The molecule has 2 atom stereocenters. The van der Waals surface area contributed by atoms with Gasteiger partial charge in [0.1, 0.15) is 0 Å². The fraction of sp³-hybridized carbons (Fsp3) is 0.600. The van der Waals surface area contributed by atoms with Gasteiger partial charge in [0.2, 0.25) is 11.8 Å². The molecule has 6 nitrogen and oxygen atoms in total. The maximum atomic E-state index is 12.3. The van der Waals surface area contributed by atoms with Crippen LogP contribution >= 0.6 is 0 Å². The zero-order valence-corrected chi connectivity index (χ0v) is 15.5. The number of carbonyl (C=O) groups excluding carboxylic acids is 2. The van der Waals surface area contributed by atoms with Gasteiger partial charge in [-0.05, 0) is 24.8 Å². The van der Waals surface area contributed by atoms with Gasteiger partial charge in [-0.2, -0.15) is 0 Å². The number of nitrogens with one attached hydrogen (secondary N) is 3. The molecule has 1 saturated heterocycles. The highest BCUT2D eigenvalue weighted by molar-refractivity contribution is 5.83. The molecule has 0 spiro atoms. The summed E-state index contributed by atoms with van der Waals surface area (Å²) in [4.78, 5) is 26.0. The Hall–Kier alpha value is -1.92. The molecule has 2 aliphatic rings. The molecule has 1 aromatic carbocycles. The van der Waals surface area contributed by atoms with Crippen molar-refractivity contribution in [3.05, 3.63) is 35.9 Å². The van der Waals surface area contributed by atoms with Crippen LogP contribution in [0.3, 0.4) is 0 Å². The third-order valence-corrected chi connectivity index (χ3v) is 5.39. The molecule has 1 aliphatic heterocycles. The summed E-state index contributed by atoms with van der Waals surface area (Å²) in [7, 11) is 1.81. The van der Waals surface area contributed by atoms with Crippen LogP contribution in [0.15, 0.2) is 30.3 Å². The topological polar surface area (TPSA) is 73.5 Å². The van der Waals surface area contributed by atoms with E-state index in [-0.39, 0.29) is 36.7 Å². The van der Waals surface area contributed by atoms with Gasteiger partial charge in [0.15, 0.2) is 0 Å². The lowest BCUT2D eigenvalue weighted by Gasteiger charge is -2.21. The van der Waals surface area contributed by atoms with Gasteiger partial charge in [-0.25, -0.2) is 5.43 Å². The molecular formula is C20H30N4O2. The molecule has 142 valence electrons. The van der Waals surface area contributed by atoms with E-state index in [0.717, 1.165) is 19.3 Å². The van der Waals surface area contributed by atoms with Gasteiger partial charge in [-0.15, -0.1) is 0 Å². The van der Waals surface area contributed by atoms with Crippen molar-refractivity contribution in [3.8, 4) is 0 Å². The van der Waals surface area contributed by atoms with Crippen molar-refractivity contribution in [2.75, 3.05) is 13.6 Å². The van der Waals surface area contributed by atoms with Crippen molar-refractivity contribution in [2.24, 2.45) is 0 Å². The monoisotopic (exact) mass is 358 g/mol. The zero-order valence-electron chi connectivity index (χ0n) is 15.5. The maximum Gasteiger partial charge on any atom is 0.222 e. The molecule has 1 saturated carbocycles. The molecule has 3 rings (SSSR count). The number of hydrogen-bond donors (Lipinski definition) is 3.